The number of thiophene rings is 1. The lowest BCUT2D eigenvalue weighted by molar-refractivity contribution is -0.314. The van der Waals surface area contributed by atoms with Gasteiger partial charge in [0, 0.05) is 4.47 Å². The lowest BCUT2D eigenvalue weighted by Gasteiger charge is -2.35. The summed E-state index contributed by atoms with van der Waals surface area (Å²) in [5, 5.41) is 11.2. The average molecular weight is 304 g/mol. The van der Waals surface area contributed by atoms with Gasteiger partial charge in [0.2, 0.25) is 0 Å². The van der Waals surface area contributed by atoms with Crippen molar-refractivity contribution in [3.8, 4) is 0 Å². The lowest BCUT2D eigenvalue weighted by Crippen LogP contribution is -2.52. The molecule has 1 unspecified atom stereocenters. The second kappa shape index (κ2) is 4.04. The van der Waals surface area contributed by atoms with Crippen LogP contribution < -0.4 is 0 Å². The summed E-state index contributed by atoms with van der Waals surface area (Å²) in [6.07, 6.45) is -4.75. The summed E-state index contributed by atoms with van der Waals surface area (Å²) in [5.74, 6) is 0. The number of halogens is 4. The van der Waals surface area contributed by atoms with Crippen LogP contribution >= 0.6 is 27.3 Å². The molecule has 0 amide bonds. The monoisotopic (exact) mass is 303 g/mol. The molecule has 0 spiro atoms. The third kappa shape index (κ3) is 2.06. The highest BCUT2D eigenvalue weighted by Gasteiger charge is 2.58. The molecule has 0 aromatic carbocycles. The first-order valence-electron chi connectivity index (χ1n) is 3.91. The number of alkyl halides is 3. The maximum Gasteiger partial charge on any atom is 0.436 e. The number of hydrogen-bond acceptors (Lipinski definition) is 3. The Bertz CT molecular complexity index is 352. The molecule has 1 atom stereocenters. The molecule has 0 bridgehead atoms. The predicted octanol–water partition coefficient (Wildman–Crippen LogP) is 2.78. The quantitative estimate of drug-likeness (QED) is 0.849. The van der Waals surface area contributed by atoms with Crippen LogP contribution in [-0.4, -0.2) is 30.3 Å². The van der Waals surface area contributed by atoms with Crippen molar-refractivity contribution in [3.05, 3.63) is 20.8 Å². The Kier molecular flexibility index (Phi) is 3.49. The highest BCUT2D eigenvalue weighted by Crippen LogP contribution is 2.45. The summed E-state index contributed by atoms with van der Waals surface area (Å²) in [7, 11) is 2.36. The van der Waals surface area contributed by atoms with E-state index >= 15 is 0 Å². The van der Waals surface area contributed by atoms with Gasteiger partial charge in [-0.1, -0.05) is 0 Å². The van der Waals surface area contributed by atoms with Crippen LogP contribution in [0, 0.1) is 0 Å². The first-order chi connectivity index (χ1) is 6.71. The molecule has 0 fully saturated rings. The maximum absolute atomic E-state index is 12.8. The van der Waals surface area contributed by atoms with Crippen molar-refractivity contribution in [2.24, 2.45) is 0 Å². The molecule has 2 nitrogen and oxygen atoms in total. The molecule has 1 N–H and O–H groups in total. The second-order valence-electron chi connectivity index (χ2n) is 3.16. The second-order valence-corrected chi connectivity index (χ2v) is 4.93. The zero-order valence-electron chi connectivity index (χ0n) is 7.97. The van der Waals surface area contributed by atoms with E-state index in [2.05, 4.69) is 15.9 Å². The minimum Gasteiger partial charge on any atom is -0.363 e. The summed E-state index contributed by atoms with van der Waals surface area (Å²) < 4.78 is 38.6. The molecule has 0 aliphatic carbocycles. The van der Waals surface area contributed by atoms with Gasteiger partial charge in [0.1, 0.15) is 0 Å². The maximum atomic E-state index is 12.8. The average Bonchev–Trinajstić information content (AvgIpc) is 2.47. The Hall–Kier alpha value is -0.110. The molecule has 0 radical (unpaired) electrons. The number of aliphatic hydroxyl groups is 1. The third-order valence-electron chi connectivity index (χ3n) is 1.98. The first-order valence-corrected chi connectivity index (χ1v) is 5.58. The summed E-state index contributed by atoms with van der Waals surface area (Å²) >= 11 is 3.84. The fraction of sp³-hybridized carbons (Fsp3) is 0.500. The van der Waals surface area contributed by atoms with Crippen LogP contribution in [0.3, 0.4) is 0 Å². The van der Waals surface area contributed by atoms with Gasteiger partial charge in [0.15, 0.2) is 0 Å². The van der Waals surface area contributed by atoms with Crippen molar-refractivity contribution >= 4 is 27.3 Å². The molecular weight excluding hydrogens is 295 g/mol. The van der Waals surface area contributed by atoms with Crippen molar-refractivity contribution in [2.75, 3.05) is 14.1 Å². The van der Waals surface area contributed by atoms with Crippen LogP contribution in [0.15, 0.2) is 15.9 Å². The van der Waals surface area contributed by atoms with Crippen LogP contribution in [-0.2, 0) is 5.72 Å². The molecule has 1 rings (SSSR count). The summed E-state index contributed by atoms with van der Waals surface area (Å²) in [4.78, 5) is 0.573. The molecule has 0 aliphatic heterocycles. The van der Waals surface area contributed by atoms with E-state index < -0.39 is 11.9 Å². The van der Waals surface area contributed by atoms with Gasteiger partial charge in [-0.05, 0) is 41.5 Å². The Morgan fingerprint density at radius 2 is 1.93 bits per heavy atom. The van der Waals surface area contributed by atoms with E-state index in [0.29, 0.717) is 0 Å². The molecule has 1 heterocycles. The summed E-state index contributed by atoms with van der Waals surface area (Å²) in [6, 6.07) is 1.47. The van der Waals surface area contributed by atoms with Gasteiger partial charge in [-0.3, -0.25) is 4.90 Å². The van der Waals surface area contributed by atoms with Crippen molar-refractivity contribution < 1.29 is 18.3 Å². The van der Waals surface area contributed by atoms with Gasteiger partial charge in [-0.2, -0.15) is 13.2 Å². The third-order valence-corrected chi connectivity index (χ3v) is 3.91. The smallest absolute Gasteiger partial charge is 0.363 e. The van der Waals surface area contributed by atoms with Crippen LogP contribution in [0.25, 0.3) is 0 Å². The molecular formula is C8H9BrF3NOS. The van der Waals surface area contributed by atoms with Crippen molar-refractivity contribution in [1.82, 2.24) is 4.90 Å². The molecule has 86 valence electrons. The van der Waals surface area contributed by atoms with E-state index in [1.54, 1.807) is 0 Å². The first kappa shape index (κ1) is 13.0. The Labute approximate surface area is 97.4 Å². The summed E-state index contributed by atoms with van der Waals surface area (Å²) in [6.45, 7) is 0. The van der Waals surface area contributed by atoms with Crippen LogP contribution in [0.4, 0.5) is 13.2 Å². The molecule has 0 aliphatic rings. The lowest BCUT2D eigenvalue weighted by atomic mass is 10.1. The predicted molar refractivity (Wildman–Crippen MR) is 55.7 cm³/mol. The number of hydrogen-bond donors (Lipinski definition) is 1. The van der Waals surface area contributed by atoms with Gasteiger partial charge in [0.25, 0.3) is 5.72 Å². The zero-order valence-corrected chi connectivity index (χ0v) is 10.4. The zero-order chi connectivity index (χ0) is 11.9. The number of rotatable bonds is 2. The molecule has 1 aromatic rings. The molecule has 0 saturated heterocycles. The summed E-state index contributed by atoms with van der Waals surface area (Å²) in [5.41, 5.74) is -2.94. The van der Waals surface area contributed by atoms with Gasteiger partial charge in [0.05, 0.1) is 4.88 Å². The van der Waals surface area contributed by atoms with E-state index in [1.165, 1.54) is 25.5 Å². The van der Waals surface area contributed by atoms with E-state index in [9.17, 15) is 18.3 Å². The van der Waals surface area contributed by atoms with E-state index in [4.69, 9.17) is 0 Å². The van der Waals surface area contributed by atoms with E-state index in [0.717, 1.165) is 16.2 Å². The van der Waals surface area contributed by atoms with Crippen molar-refractivity contribution in [2.45, 2.75) is 11.9 Å². The molecule has 1 aromatic heterocycles. The van der Waals surface area contributed by atoms with Crippen LogP contribution in [0.5, 0.6) is 0 Å². The minimum absolute atomic E-state index is 0.167. The van der Waals surface area contributed by atoms with Gasteiger partial charge in [-0.25, -0.2) is 0 Å². The highest BCUT2D eigenvalue weighted by molar-refractivity contribution is 9.10. The highest BCUT2D eigenvalue weighted by atomic mass is 79.9. The SMILES string of the molecule is CN(C)C(O)(c1sccc1Br)C(F)(F)F. The van der Waals surface area contributed by atoms with Crippen molar-refractivity contribution in [3.63, 3.8) is 0 Å². The topological polar surface area (TPSA) is 23.5 Å². The fourth-order valence-corrected chi connectivity index (χ4v) is 2.98. The minimum atomic E-state index is -4.75. The van der Waals surface area contributed by atoms with Crippen LogP contribution in [0.2, 0.25) is 0 Å². The van der Waals surface area contributed by atoms with Crippen LogP contribution in [0.1, 0.15) is 4.88 Å². The standard InChI is InChI=1S/C8H9BrF3NOS/c1-13(2)7(14,8(10,11)12)6-5(9)3-4-15-6/h3-4,14H,1-2H3. The van der Waals surface area contributed by atoms with Crippen molar-refractivity contribution in [1.29, 1.82) is 0 Å². The molecule has 0 saturated carbocycles. The Morgan fingerprint density at radius 1 is 1.40 bits per heavy atom. The Balaban J connectivity index is 3.32. The van der Waals surface area contributed by atoms with Gasteiger partial charge < -0.3 is 5.11 Å². The largest absolute Gasteiger partial charge is 0.436 e. The Morgan fingerprint density at radius 3 is 2.20 bits per heavy atom. The fourth-order valence-electron chi connectivity index (χ4n) is 1.13. The van der Waals surface area contributed by atoms with Gasteiger partial charge in [-0.15, -0.1) is 11.3 Å². The van der Waals surface area contributed by atoms with Gasteiger partial charge >= 0.3 is 6.18 Å². The molecule has 15 heavy (non-hydrogen) atoms. The number of nitrogens with zero attached hydrogens (tertiary/aromatic N) is 1. The normalized spacial score (nSPS) is 16.8. The molecule has 7 heteroatoms. The van der Waals surface area contributed by atoms with E-state index in [1.807, 2.05) is 0 Å². The van der Waals surface area contributed by atoms with E-state index in [-0.39, 0.29) is 9.35 Å².